The number of methoxy groups -OCH3 is 2. The Morgan fingerprint density at radius 1 is 1.04 bits per heavy atom. The fraction of sp³-hybridized carbons (Fsp3) is 0.263. The van der Waals surface area contributed by atoms with Gasteiger partial charge in [-0.05, 0) is 36.1 Å². The summed E-state index contributed by atoms with van der Waals surface area (Å²) in [6.45, 7) is 0.775. The SMILES string of the molecule is COc1cc2nncc(-c3ccc4c(c3)OCCC4)c2cc1OC. The van der Waals surface area contributed by atoms with Gasteiger partial charge in [0.15, 0.2) is 11.5 Å². The Morgan fingerprint density at radius 3 is 2.71 bits per heavy atom. The fourth-order valence-electron chi connectivity index (χ4n) is 3.12. The molecule has 0 atom stereocenters. The van der Waals surface area contributed by atoms with E-state index in [2.05, 4.69) is 28.4 Å². The van der Waals surface area contributed by atoms with Gasteiger partial charge in [0.25, 0.3) is 0 Å². The molecule has 0 spiro atoms. The van der Waals surface area contributed by atoms with Gasteiger partial charge in [0.05, 0.1) is 32.5 Å². The van der Waals surface area contributed by atoms with Crippen LogP contribution in [-0.2, 0) is 6.42 Å². The lowest BCUT2D eigenvalue weighted by Crippen LogP contribution is -2.08. The zero-order valence-corrected chi connectivity index (χ0v) is 13.7. The van der Waals surface area contributed by atoms with E-state index in [0.717, 1.165) is 47.2 Å². The third-order valence-corrected chi connectivity index (χ3v) is 4.37. The number of ether oxygens (including phenoxy) is 3. The number of hydrogen-bond acceptors (Lipinski definition) is 5. The first kappa shape index (κ1) is 14.8. The van der Waals surface area contributed by atoms with E-state index in [9.17, 15) is 0 Å². The number of fused-ring (bicyclic) bond motifs is 2. The first-order valence-corrected chi connectivity index (χ1v) is 7.93. The predicted molar refractivity (Wildman–Crippen MR) is 91.9 cm³/mol. The second-order valence-corrected chi connectivity index (χ2v) is 5.76. The second-order valence-electron chi connectivity index (χ2n) is 5.76. The van der Waals surface area contributed by atoms with Crippen LogP contribution in [-0.4, -0.2) is 31.0 Å². The van der Waals surface area contributed by atoms with Crippen LogP contribution in [0.4, 0.5) is 0 Å². The fourth-order valence-corrected chi connectivity index (χ4v) is 3.12. The number of hydrogen-bond donors (Lipinski definition) is 0. The van der Waals surface area contributed by atoms with Gasteiger partial charge in [-0.1, -0.05) is 12.1 Å². The maximum atomic E-state index is 5.80. The highest BCUT2D eigenvalue weighted by Gasteiger charge is 2.15. The van der Waals surface area contributed by atoms with Crippen LogP contribution < -0.4 is 14.2 Å². The van der Waals surface area contributed by atoms with Crippen molar-refractivity contribution in [2.24, 2.45) is 0 Å². The Morgan fingerprint density at radius 2 is 1.88 bits per heavy atom. The number of aromatic nitrogens is 2. The monoisotopic (exact) mass is 322 g/mol. The van der Waals surface area contributed by atoms with Crippen molar-refractivity contribution in [3.63, 3.8) is 0 Å². The summed E-state index contributed by atoms with van der Waals surface area (Å²) < 4.78 is 16.6. The van der Waals surface area contributed by atoms with Crippen LogP contribution in [0.3, 0.4) is 0 Å². The second kappa shape index (κ2) is 6.00. The Kier molecular flexibility index (Phi) is 3.69. The molecule has 1 aromatic heterocycles. The topological polar surface area (TPSA) is 53.5 Å². The molecule has 0 fully saturated rings. The van der Waals surface area contributed by atoms with E-state index in [1.807, 2.05) is 12.1 Å². The van der Waals surface area contributed by atoms with Gasteiger partial charge in [0.2, 0.25) is 0 Å². The van der Waals surface area contributed by atoms with E-state index in [0.29, 0.717) is 11.5 Å². The van der Waals surface area contributed by atoms with Crippen LogP contribution >= 0.6 is 0 Å². The van der Waals surface area contributed by atoms with Crippen LogP contribution in [0.1, 0.15) is 12.0 Å². The molecule has 0 aliphatic carbocycles. The van der Waals surface area contributed by atoms with Crippen molar-refractivity contribution in [3.8, 4) is 28.4 Å². The van der Waals surface area contributed by atoms with Crippen molar-refractivity contribution in [3.05, 3.63) is 42.1 Å². The minimum atomic E-state index is 0.644. The van der Waals surface area contributed by atoms with Gasteiger partial charge in [-0.25, -0.2) is 0 Å². The van der Waals surface area contributed by atoms with Gasteiger partial charge in [0, 0.05) is 17.0 Å². The molecule has 2 heterocycles. The predicted octanol–water partition coefficient (Wildman–Crippen LogP) is 3.64. The smallest absolute Gasteiger partial charge is 0.162 e. The molecule has 0 amide bonds. The van der Waals surface area contributed by atoms with Gasteiger partial charge in [-0.15, -0.1) is 0 Å². The summed E-state index contributed by atoms with van der Waals surface area (Å²) in [5.41, 5.74) is 4.08. The van der Waals surface area contributed by atoms with Gasteiger partial charge < -0.3 is 14.2 Å². The van der Waals surface area contributed by atoms with E-state index >= 15 is 0 Å². The Labute approximate surface area is 140 Å². The first-order chi connectivity index (χ1) is 11.8. The zero-order valence-electron chi connectivity index (χ0n) is 13.7. The summed E-state index contributed by atoms with van der Waals surface area (Å²) >= 11 is 0. The lowest BCUT2D eigenvalue weighted by molar-refractivity contribution is 0.288. The van der Waals surface area contributed by atoms with Crippen molar-refractivity contribution in [1.29, 1.82) is 0 Å². The molecule has 3 aromatic rings. The lowest BCUT2D eigenvalue weighted by Gasteiger charge is -2.18. The van der Waals surface area contributed by atoms with Gasteiger partial charge in [0.1, 0.15) is 5.75 Å². The number of aryl methyl sites for hydroxylation is 1. The standard InChI is InChI=1S/C19H18N2O3/c1-22-18-9-14-15(11-20-21-16(14)10-19(18)23-2)13-6-5-12-4-3-7-24-17(12)8-13/h5-6,8-11H,3-4,7H2,1-2H3. The summed E-state index contributed by atoms with van der Waals surface area (Å²) in [5, 5.41) is 9.34. The molecule has 0 radical (unpaired) electrons. The van der Waals surface area contributed by atoms with E-state index < -0.39 is 0 Å². The molecule has 4 rings (SSSR count). The van der Waals surface area contributed by atoms with Crippen LogP contribution in [0.15, 0.2) is 36.5 Å². The van der Waals surface area contributed by atoms with E-state index in [1.165, 1.54) is 5.56 Å². The molecular weight excluding hydrogens is 304 g/mol. The molecule has 0 saturated heterocycles. The van der Waals surface area contributed by atoms with Crippen molar-refractivity contribution in [2.45, 2.75) is 12.8 Å². The highest BCUT2D eigenvalue weighted by atomic mass is 16.5. The third-order valence-electron chi connectivity index (χ3n) is 4.37. The molecular formula is C19H18N2O3. The number of rotatable bonds is 3. The molecule has 5 heteroatoms. The molecule has 0 saturated carbocycles. The van der Waals surface area contributed by atoms with Crippen LogP contribution in [0.25, 0.3) is 22.0 Å². The summed E-state index contributed by atoms with van der Waals surface area (Å²) in [6.07, 6.45) is 3.91. The Balaban J connectivity index is 1.90. The maximum Gasteiger partial charge on any atom is 0.162 e. The molecule has 1 aliphatic heterocycles. The average Bonchev–Trinajstić information content (AvgIpc) is 2.65. The Bertz CT molecular complexity index is 908. The van der Waals surface area contributed by atoms with Crippen LogP contribution in [0.2, 0.25) is 0 Å². The quantitative estimate of drug-likeness (QED) is 0.737. The van der Waals surface area contributed by atoms with Gasteiger partial charge >= 0.3 is 0 Å². The van der Waals surface area contributed by atoms with Crippen LogP contribution in [0.5, 0.6) is 17.2 Å². The summed E-state index contributed by atoms with van der Waals surface area (Å²) in [6, 6.07) is 10.1. The number of benzene rings is 2. The highest BCUT2D eigenvalue weighted by Crippen LogP contribution is 2.37. The van der Waals surface area contributed by atoms with Gasteiger partial charge in [-0.2, -0.15) is 10.2 Å². The Hall–Kier alpha value is -2.82. The molecule has 0 unspecified atom stereocenters. The molecule has 5 nitrogen and oxygen atoms in total. The largest absolute Gasteiger partial charge is 0.493 e. The zero-order chi connectivity index (χ0) is 16.5. The van der Waals surface area contributed by atoms with E-state index in [4.69, 9.17) is 14.2 Å². The normalized spacial score (nSPS) is 13.2. The lowest BCUT2D eigenvalue weighted by atomic mass is 9.98. The first-order valence-electron chi connectivity index (χ1n) is 7.93. The molecule has 122 valence electrons. The molecule has 2 aromatic carbocycles. The minimum absolute atomic E-state index is 0.644. The average molecular weight is 322 g/mol. The molecule has 24 heavy (non-hydrogen) atoms. The summed E-state index contributed by atoms with van der Waals surface area (Å²) in [5.74, 6) is 2.28. The molecule has 0 N–H and O–H groups in total. The van der Waals surface area contributed by atoms with Crippen molar-refractivity contribution in [2.75, 3.05) is 20.8 Å². The van der Waals surface area contributed by atoms with E-state index in [1.54, 1.807) is 20.4 Å². The minimum Gasteiger partial charge on any atom is -0.493 e. The number of nitrogens with zero attached hydrogens (tertiary/aromatic N) is 2. The van der Waals surface area contributed by atoms with Crippen LogP contribution in [0, 0.1) is 0 Å². The summed E-state index contributed by atoms with van der Waals surface area (Å²) in [4.78, 5) is 0. The van der Waals surface area contributed by atoms with Gasteiger partial charge in [-0.3, -0.25) is 0 Å². The van der Waals surface area contributed by atoms with Crippen molar-refractivity contribution in [1.82, 2.24) is 10.2 Å². The van der Waals surface area contributed by atoms with Crippen molar-refractivity contribution < 1.29 is 14.2 Å². The third kappa shape index (κ3) is 2.42. The highest BCUT2D eigenvalue weighted by molar-refractivity contribution is 5.95. The summed E-state index contributed by atoms with van der Waals surface area (Å²) in [7, 11) is 3.24. The maximum absolute atomic E-state index is 5.80. The van der Waals surface area contributed by atoms with E-state index in [-0.39, 0.29) is 0 Å². The van der Waals surface area contributed by atoms with Crippen molar-refractivity contribution >= 4 is 10.9 Å². The molecule has 1 aliphatic rings. The molecule has 0 bridgehead atoms.